The predicted molar refractivity (Wildman–Crippen MR) is 147 cm³/mol. The van der Waals surface area contributed by atoms with Crippen LogP contribution in [0.3, 0.4) is 0 Å². The number of carbonyl (C=O) groups is 2. The van der Waals surface area contributed by atoms with E-state index in [0.717, 1.165) is 37.2 Å². The summed E-state index contributed by atoms with van der Waals surface area (Å²) >= 11 is 0. The second-order valence-corrected chi connectivity index (χ2v) is 11.1. The molecule has 0 aliphatic carbocycles. The molecule has 0 bridgehead atoms. The minimum atomic E-state index is -1.16. The summed E-state index contributed by atoms with van der Waals surface area (Å²) in [6.45, 7) is 12.0. The molecule has 0 aromatic heterocycles. The number of likely N-dealkylation sites (tertiary alicyclic amines) is 1. The van der Waals surface area contributed by atoms with Gasteiger partial charge in [0.05, 0.1) is 12.7 Å². The maximum atomic E-state index is 13.9. The summed E-state index contributed by atoms with van der Waals surface area (Å²) in [6, 6.07) is 5.57. The number of carbonyl (C=O) groups excluding carboxylic acids is 2. The van der Waals surface area contributed by atoms with E-state index in [2.05, 4.69) is 30.8 Å². The van der Waals surface area contributed by atoms with E-state index < -0.39 is 11.0 Å². The molecule has 0 spiro atoms. The minimum Gasteiger partial charge on any atom is -0.497 e. The van der Waals surface area contributed by atoms with Crippen LogP contribution in [0.15, 0.2) is 18.2 Å². The first-order valence-corrected chi connectivity index (χ1v) is 13.9. The third-order valence-electron chi connectivity index (χ3n) is 8.84. The molecule has 0 unspecified atom stereocenters. The molecule has 2 fully saturated rings. The Balaban J connectivity index is 2.15. The first kappa shape index (κ1) is 29.4. The van der Waals surface area contributed by atoms with Crippen molar-refractivity contribution in [3.05, 3.63) is 29.3 Å². The zero-order valence-corrected chi connectivity index (χ0v) is 24.0. The molecule has 1 aromatic rings. The van der Waals surface area contributed by atoms with Crippen molar-refractivity contribution in [2.75, 3.05) is 60.5 Å². The summed E-state index contributed by atoms with van der Waals surface area (Å²) in [4.78, 5) is 34.9. The van der Waals surface area contributed by atoms with Crippen molar-refractivity contribution in [2.24, 2.45) is 0 Å². The number of imide groups is 1. The standard InChI is InChI=1S/C29H48N4O4/c1-8-31-17-10-14-29(36)23(4)32(18-11-16-30(5)6)19-15-28(29,21-26(34)33(9-2)27(31)35)25-20-24(37-7)13-12-22(25)3/h12-13,20,23,36H,8-11,14-19,21H2,1-7H3/t23-,28-,29-/m1/s1. The van der Waals surface area contributed by atoms with Gasteiger partial charge in [0.15, 0.2) is 0 Å². The van der Waals surface area contributed by atoms with Gasteiger partial charge in [-0.1, -0.05) is 6.07 Å². The molecule has 208 valence electrons. The lowest BCUT2D eigenvalue weighted by Gasteiger charge is -2.59. The maximum Gasteiger partial charge on any atom is 0.326 e. The van der Waals surface area contributed by atoms with Crippen LogP contribution < -0.4 is 4.74 Å². The fraction of sp³-hybridized carbons (Fsp3) is 0.724. The monoisotopic (exact) mass is 516 g/mol. The molecule has 2 saturated heterocycles. The summed E-state index contributed by atoms with van der Waals surface area (Å²) in [7, 11) is 5.80. The number of methoxy groups -OCH3 is 1. The molecule has 37 heavy (non-hydrogen) atoms. The Hall–Kier alpha value is -2.16. The Labute approximate surface area is 223 Å². The minimum absolute atomic E-state index is 0.0878. The van der Waals surface area contributed by atoms with Crippen LogP contribution in [0.1, 0.15) is 64.0 Å². The van der Waals surface area contributed by atoms with Crippen LogP contribution in [0.4, 0.5) is 4.79 Å². The number of amides is 3. The zero-order valence-electron chi connectivity index (χ0n) is 24.0. The average molecular weight is 517 g/mol. The van der Waals surface area contributed by atoms with Gasteiger partial charge in [-0.05, 0) is 110 Å². The average Bonchev–Trinajstić information content (AvgIpc) is 2.86. The van der Waals surface area contributed by atoms with E-state index in [9.17, 15) is 14.7 Å². The molecule has 3 atom stereocenters. The van der Waals surface area contributed by atoms with Crippen LogP contribution in [0, 0.1) is 6.92 Å². The van der Waals surface area contributed by atoms with Gasteiger partial charge in [0.1, 0.15) is 5.75 Å². The van der Waals surface area contributed by atoms with Crippen molar-refractivity contribution in [3.8, 4) is 5.75 Å². The molecule has 3 rings (SSSR count). The van der Waals surface area contributed by atoms with E-state index in [-0.39, 0.29) is 24.4 Å². The van der Waals surface area contributed by atoms with E-state index >= 15 is 0 Å². The molecule has 1 aromatic carbocycles. The van der Waals surface area contributed by atoms with Crippen LogP contribution in [0.25, 0.3) is 0 Å². The van der Waals surface area contributed by atoms with Crippen molar-refractivity contribution in [3.63, 3.8) is 0 Å². The number of piperidine rings is 1. The number of rotatable bonds is 8. The highest BCUT2D eigenvalue weighted by atomic mass is 16.5. The highest BCUT2D eigenvalue weighted by Crippen LogP contribution is 2.52. The smallest absolute Gasteiger partial charge is 0.326 e. The molecule has 2 aliphatic rings. The molecule has 3 amide bonds. The first-order valence-electron chi connectivity index (χ1n) is 13.9. The summed E-state index contributed by atoms with van der Waals surface area (Å²) in [5.41, 5.74) is -0.00161. The van der Waals surface area contributed by atoms with Crippen LogP contribution in [0.5, 0.6) is 5.75 Å². The molecule has 8 heteroatoms. The summed E-state index contributed by atoms with van der Waals surface area (Å²) in [6.07, 6.45) is 2.92. The largest absolute Gasteiger partial charge is 0.497 e. The number of benzene rings is 1. The second kappa shape index (κ2) is 12.1. The Bertz CT molecular complexity index is 954. The van der Waals surface area contributed by atoms with Crippen LogP contribution >= 0.6 is 0 Å². The summed E-state index contributed by atoms with van der Waals surface area (Å²) < 4.78 is 5.60. The molecular weight excluding hydrogens is 468 g/mol. The van der Waals surface area contributed by atoms with Gasteiger partial charge in [0.2, 0.25) is 5.91 Å². The second-order valence-electron chi connectivity index (χ2n) is 11.1. The number of ether oxygens (including phenoxy) is 1. The van der Waals surface area contributed by atoms with Crippen molar-refractivity contribution in [1.82, 2.24) is 19.6 Å². The number of hydrogen-bond donors (Lipinski definition) is 1. The zero-order chi connectivity index (χ0) is 27.4. The predicted octanol–water partition coefficient (Wildman–Crippen LogP) is 3.49. The Morgan fingerprint density at radius 3 is 2.49 bits per heavy atom. The van der Waals surface area contributed by atoms with Crippen molar-refractivity contribution >= 4 is 11.9 Å². The molecular formula is C29H48N4O4. The third-order valence-corrected chi connectivity index (χ3v) is 8.84. The van der Waals surface area contributed by atoms with Gasteiger partial charge >= 0.3 is 6.03 Å². The number of aliphatic hydroxyl groups is 1. The van der Waals surface area contributed by atoms with Gasteiger partial charge < -0.3 is 19.6 Å². The summed E-state index contributed by atoms with van der Waals surface area (Å²) in [5.74, 6) is 0.491. The van der Waals surface area contributed by atoms with Gasteiger partial charge in [-0.15, -0.1) is 0 Å². The quantitative estimate of drug-likeness (QED) is 0.570. The highest BCUT2D eigenvalue weighted by molar-refractivity contribution is 5.95. The van der Waals surface area contributed by atoms with Crippen LogP contribution in [-0.2, 0) is 10.2 Å². The number of urea groups is 1. The molecule has 0 saturated carbocycles. The molecule has 1 N–H and O–H groups in total. The van der Waals surface area contributed by atoms with Gasteiger partial charge in [-0.3, -0.25) is 14.6 Å². The fourth-order valence-electron chi connectivity index (χ4n) is 6.61. The number of fused-ring (bicyclic) bond motifs is 1. The molecule has 0 radical (unpaired) electrons. The van der Waals surface area contributed by atoms with Crippen LogP contribution in [-0.4, -0.2) is 109 Å². The van der Waals surface area contributed by atoms with E-state index in [4.69, 9.17) is 4.74 Å². The van der Waals surface area contributed by atoms with Crippen molar-refractivity contribution in [1.29, 1.82) is 0 Å². The van der Waals surface area contributed by atoms with Gasteiger partial charge in [-0.2, -0.15) is 0 Å². The lowest BCUT2D eigenvalue weighted by atomic mass is 9.56. The number of aryl methyl sites for hydroxylation is 1. The summed E-state index contributed by atoms with van der Waals surface area (Å²) in [5, 5.41) is 12.9. The van der Waals surface area contributed by atoms with E-state index in [1.807, 2.05) is 39.0 Å². The van der Waals surface area contributed by atoms with Gasteiger partial charge in [0.25, 0.3) is 0 Å². The normalized spacial score (nSPS) is 28.0. The fourth-order valence-corrected chi connectivity index (χ4v) is 6.61. The molecule has 2 heterocycles. The van der Waals surface area contributed by atoms with Gasteiger partial charge in [-0.25, -0.2) is 4.79 Å². The third kappa shape index (κ3) is 5.66. The molecule has 8 nitrogen and oxygen atoms in total. The first-order chi connectivity index (χ1) is 17.5. The highest BCUT2D eigenvalue weighted by Gasteiger charge is 2.59. The Kier molecular flexibility index (Phi) is 9.64. The lowest BCUT2D eigenvalue weighted by Crippen LogP contribution is -2.69. The van der Waals surface area contributed by atoms with Gasteiger partial charge in [0, 0.05) is 37.5 Å². The maximum absolute atomic E-state index is 13.9. The van der Waals surface area contributed by atoms with E-state index in [0.29, 0.717) is 44.6 Å². The van der Waals surface area contributed by atoms with Crippen molar-refractivity contribution < 1.29 is 19.4 Å². The lowest BCUT2D eigenvalue weighted by molar-refractivity contribution is -0.157. The number of hydrogen-bond acceptors (Lipinski definition) is 6. The Morgan fingerprint density at radius 1 is 1.14 bits per heavy atom. The topological polar surface area (TPSA) is 76.6 Å². The molecule has 2 aliphatic heterocycles. The van der Waals surface area contributed by atoms with Crippen molar-refractivity contribution in [2.45, 2.75) is 76.9 Å². The Morgan fingerprint density at radius 2 is 1.86 bits per heavy atom. The SMILES string of the molecule is CCN1CCC[C@@]2(O)[C@@H](C)N(CCCN(C)C)CC[C@]2(c2cc(OC)ccc2C)CC(=O)N(CC)C1=O. The number of nitrogens with zero attached hydrogens (tertiary/aromatic N) is 4. The van der Waals surface area contributed by atoms with E-state index in [1.165, 1.54) is 4.90 Å². The van der Waals surface area contributed by atoms with E-state index in [1.54, 1.807) is 12.0 Å². The van der Waals surface area contributed by atoms with Crippen LogP contribution in [0.2, 0.25) is 0 Å².